The zero-order chi connectivity index (χ0) is 97.3. The molecule has 6 radical (unpaired) electrons. The summed E-state index contributed by atoms with van der Waals surface area (Å²) in [6.45, 7) is -2.37. The topological polar surface area (TPSA) is 35.3 Å². The molecule has 27 rings (SSSR count). The molecule has 2 heterocycles. The van der Waals surface area contributed by atoms with Crippen LogP contribution in [0.2, 0.25) is 0 Å². The molecule has 1 aliphatic carbocycles. The molecular weight excluding hydrogens is 1790 g/mol. The molecule has 0 aliphatic heterocycles. The van der Waals surface area contributed by atoms with Gasteiger partial charge in [0.25, 0.3) is 0 Å². The van der Waals surface area contributed by atoms with Crippen LogP contribution in [0.5, 0.6) is 0 Å². The summed E-state index contributed by atoms with van der Waals surface area (Å²) < 4.78 is 5.07. The van der Waals surface area contributed by atoms with Gasteiger partial charge in [-0.3, -0.25) is 0 Å². The number of thiophene rings is 1. The Labute approximate surface area is 853 Å². The molecule has 678 valence electrons. The number of hydrogen-bond donors (Lipinski definition) is 1. The van der Waals surface area contributed by atoms with E-state index in [1.54, 1.807) is 0 Å². The molecule has 0 saturated carbocycles. The van der Waals surface area contributed by atoms with E-state index in [-0.39, 0.29) is 6.06 Å². The van der Waals surface area contributed by atoms with Crippen LogP contribution < -0.4 is 9.80 Å². The first kappa shape index (κ1) is 90.2. The van der Waals surface area contributed by atoms with Crippen LogP contribution in [0.4, 0.5) is 34.1 Å². The number of fused-ring (bicyclic) bond motifs is 17. The molecule has 2 aromatic heterocycles. The second kappa shape index (κ2) is 39.3. The first-order chi connectivity index (χ1) is 71.5. The van der Waals surface area contributed by atoms with E-state index < -0.39 is 12.2 Å². The summed E-state index contributed by atoms with van der Waals surface area (Å²) in [4.78, 5) is 4.70. The molecule has 1 N–H and O–H groups in total. The molecule has 9 heteroatoms. The van der Waals surface area contributed by atoms with Gasteiger partial charge in [0.1, 0.15) is 15.1 Å². The quantitative estimate of drug-likeness (QED) is 0.0594. The van der Waals surface area contributed by atoms with Crippen molar-refractivity contribution in [3.8, 4) is 83.6 Å². The summed E-state index contributed by atoms with van der Waals surface area (Å²) in [6.07, 6.45) is 0. The predicted octanol–water partition coefficient (Wildman–Crippen LogP) is 37.7. The van der Waals surface area contributed by atoms with Crippen molar-refractivity contribution >= 4 is 171 Å². The standard InChI is InChI=1S/C56H38N2.C43H31N.C36H22S.CH3B3NP/c1-2-16-45(17-3-1)58-55-23-9-8-20-53(55)54-38-44(30-37-56(54)58)39-24-31-46(32-25-39)57(47-33-26-42(27-34-47)51-21-10-14-40-12-4-6-18-49(40)51)48-35-28-43(29-36-48)52-22-11-15-41-13-5-7-19-50(41)52;1-4-14-32(15-5-1)33-24-28-37(29-25-33)44(36-18-8-3-9-19-36)38-30-26-35(27-31-38)43(34-16-6-2-7-17-34)41-22-12-10-20-39(41)40-21-11-13-23-42(40)43;1-2-10-23(11-3-1)25-16-8-18-32-33-19-9-17-26(36(33)37-35(25)32)24-20-21-31-29-14-5-4-12-27(29)28-13-6-7-15-30(28)34(31)22-24;2-1-6(3,4)5/h1-38H;1-31H;1-22H;5H,1H2. The molecular formula is C136H94B3N4PS. The Balaban J connectivity index is 0.000000116. The number of nitrogens with one attached hydrogen (secondary N) is 1. The molecule has 145 heavy (non-hydrogen) atoms. The minimum Gasteiger partial charge on any atom is -0.339 e. The Kier molecular flexibility index (Phi) is 24.4. The van der Waals surface area contributed by atoms with E-state index in [0.717, 1.165) is 34.1 Å². The summed E-state index contributed by atoms with van der Waals surface area (Å²) in [7, 11) is 14.8. The lowest BCUT2D eigenvalue weighted by Crippen LogP contribution is -2.28. The van der Waals surface area contributed by atoms with Crippen LogP contribution in [0.1, 0.15) is 22.3 Å². The van der Waals surface area contributed by atoms with E-state index >= 15 is 0 Å². The summed E-state index contributed by atoms with van der Waals surface area (Å²) in [6, 6.07) is 201. The largest absolute Gasteiger partial charge is 0.339 e. The fourth-order valence-corrected chi connectivity index (χ4v) is 23.2. The van der Waals surface area contributed by atoms with Gasteiger partial charge in [0.05, 0.1) is 24.3 Å². The molecule has 0 saturated heterocycles. The number of para-hydroxylation sites is 3. The minimum absolute atomic E-state index is 0.104. The van der Waals surface area contributed by atoms with Gasteiger partial charge in [-0.25, -0.2) is 0 Å². The molecule has 0 unspecified atom stereocenters. The van der Waals surface area contributed by atoms with Crippen LogP contribution >= 0.6 is 18.1 Å². The van der Waals surface area contributed by atoms with Crippen LogP contribution in [-0.2, 0) is 5.41 Å². The van der Waals surface area contributed by atoms with Crippen molar-refractivity contribution in [2.24, 2.45) is 0 Å². The monoisotopic (exact) mass is 1880 g/mol. The molecule has 0 spiro atoms. The van der Waals surface area contributed by atoms with Crippen LogP contribution in [0.3, 0.4) is 0 Å². The first-order valence-electron chi connectivity index (χ1n) is 49.3. The van der Waals surface area contributed by atoms with Gasteiger partial charge in [-0.2, -0.15) is 0 Å². The van der Waals surface area contributed by atoms with Gasteiger partial charge in [-0.1, -0.05) is 449 Å². The Morgan fingerprint density at radius 1 is 0.221 bits per heavy atom. The second-order valence-electron chi connectivity index (χ2n) is 37.1. The van der Waals surface area contributed by atoms with Crippen LogP contribution in [-0.4, -0.2) is 33.6 Å². The maximum atomic E-state index is 6.72. The van der Waals surface area contributed by atoms with Crippen molar-refractivity contribution in [3.05, 3.63) is 574 Å². The number of aromatic nitrogens is 1. The lowest BCUT2D eigenvalue weighted by molar-refractivity contribution is 0.768. The molecule has 24 aromatic carbocycles. The average molecular weight is 1880 g/mol. The van der Waals surface area contributed by atoms with Crippen molar-refractivity contribution in [2.45, 2.75) is 5.41 Å². The lowest BCUT2D eigenvalue weighted by Gasteiger charge is -2.34. The zero-order valence-electron chi connectivity index (χ0n) is 79.7. The van der Waals surface area contributed by atoms with E-state index in [9.17, 15) is 0 Å². The Hall–Kier alpha value is -17.4. The van der Waals surface area contributed by atoms with Crippen LogP contribution in [0.25, 0.3) is 179 Å². The van der Waals surface area contributed by atoms with Gasteiger partial charge < -0.3 is 19.5 Å². The fraction of sp³-hybridized carbons (Fsp3) is 0.0147. The number of hydrogen-bond acceptors (Lipinski definition) is 4. The molecule has 1 aliphatic rings. The molecule has 26 aromatic rings. The molecule has 0 amide bonds. The van der Waals surface area contributed by atoms with Gasteiger partial charge in [0.2, 0.25) is 0 Å². The third-order valence-electron chi connectivity index (χ3n) is 28.5. The zero-order valence-corrected chi connectivity index (χ0v) is 81.4. The van der Waals surface area contributed by atoms with E-state index in [4.69, 9.17) is 28.1 Å². The van der Waals surface area contributed by atoms with Gasteiger partial charge in [-0.15, -0.1) is 18.1 Å². The Bertz CT molecular complexity index is 9110. The highest BCUT2D eigenvalue weighted by Gasteiger charge is 2.46. The summed E-state index contributed by atoms with van der Waals surface area (Å²) in [5, 5.41) is 24.8. The Morgan fingerprint density at radius 3 is 1.01 bits per heavy atom. The van der Waals surface area contributed by atoms with E-state index in [1.807, 2.05) is 11.3 Å². The third-order valence-corrected chi connectivity index (χ3v) is 30.4. The average Bonchev–Trinajstić information content (AvgIpc) is 1.54. The number of rotatable bonds is 16. The van der Waals surface area contributed by atoms with E-state index in [0.29, 0.717) is 0 Å². The van der Waals surface area contributed by atoms with Crippen molar-refractivity contribution in [1.82, 2.24) is 4.57 Å². The van der Waals surface area contributed by atoms with E-state index in [2.05, 4.69) is 566 Å². The Morgan fingerprint density at radius 2 is 0.517 bits per heavy atom. The van der Waals surface area contributed by atoms with Crippen molar-refractivity contribution < 1.29 is 0 Å². The van der Waals surface area contributed by atoms with Crippen LogP contribution in [0.15, 0.2) is 552 Å². The van der Waals surface area contributed by atoms with Crippen molar-refractivity contribution in [2.75, 3.05) is 15.9 Å². The van der Waals surface area contributed by atoms with Gasteiger partial charge in [0.15, 0.2) is 0 Å². The highest BCUT2D eigenvalue weighted by molar-refractivity contribution is 8.07. The summed E-state index contributed by atoms with van der Waals surface area (Å²) in [5.74, 6) is 0. The highest BCUT2D eigenvalue weighted by Crippen LogP contribution is 2.57. The SMILES string of the molecule is [B]CP([B])([B])=N.c1ccc(-c2ccc(N(c3ccccc3)c3ccc(C4(c5ccccc5)c5ccccc5-c5ccccc54)cc3)cc2)cc1.c1ccc(-c2cccc3c2sc2c(-c4ccc5c6ccccc6c6ccccc6c5c4)cccc23)cc1.c1ccc(-n2c3ccccc3c3cc(-c4ccc(N(c5ccc(-c6cccc7ccccc67)cc5)c5ccc(-c6cccc7ccccc67)cc5)cc4)ccc32)cc1. The number of benzene rings is 24. The van der Waals surface area contributed by atoms with Crippen LogP contribution in [0, 0.1) is 5.16 Å². The highest BCUT2D eigenvalue weighted by atomic mass is 32.1. The molecule has 0 bridgehead atoms. The van der Waals surface area contributed by atoms with Crippen molar-refractivity contribution in [3.63, 3.8) is 0 Å². The van der Waals surface area contributed by atoms with Gasteiger partial charge >= 0.3 is 0 Å². The minimum atomic E-state index is -2.37. The summed E-state index contributed by atoms with van der Waals surface area (Å²) >= 11 is 1.92. The first-order valence-corrected chi connectivity index (χ1v) is 52.2. The van der Waals surface area contributed by atoms with E-state index in [1.165, 1.54) is 202 Å². The maximum Gasteiger partial charge on any atom is 0.119 e. The molecule has 0 fully saturated rings. The normalized spacial score (nSPS) is 11.9. The smallest absolute Gasteiger partial charge is 0.119 e. The lowest BCUT2D eigenvalue weighted by atomic mass is 9.68. The fourth-order valence-electron chi connectivity index (χ4n) is 21.8. The number of anilines is 6. The molecule has 4 nitrogen and oxygen atoms in total. The second-order valence-corrected chi connectivity index (χ2v) is 40.3. The predicted molar refractivity (Wildman–Crippen MR) is 625 cm³/mol. The van der Waals surface area contributed by atoms with Crippen molar-refractivity contribution in [1.29, 1.82) is 5.16 Å². The molecule has 0 atom stereocenters. The third kappa shape index (κ3) is 17.2. The maximum absolute atomic E-state index is 6.72. The summed E-state index contributed by atoms with van der Waals surface area (Å²) in [5.41, 5.74) is 32.5. The van der Waals surface area contributed by atoms with Gasteiger partial charge in [-0.05, 0) is 263 Å². The van der Waals surface area contributed by atoms with Gasteiger partial charge in [0, 0.05) is 70.8 Å². The number of nitrogens with zero attached hydrogens (tertiary/aromatic N) is 3.